The predicted molar refractivity (Wildman–Crippen MR) is 65.1 cm³/mol. The van der Waals surface area contributed by atoms with Gasteiger partial charge in [0.1, 0.15) is 0 Å². The van der Waals surface area contributed by atoms with Crippen LogP contribution in [-0.2, 0) is 21.9 Å². The second-order valence-corrected chi connectivity index (χ2v) is 6.46. The van der Waals surface area contributed by atoms with Crippen LogP contribution < -0.4 is 5.32 Å². The number of rotatable bonds is 2. The molecule has 0 saturated carbocycles. The first-order valence-electron chi connectivity index (χ1n) is 5.25. The molecule has 2 rings (SSSR count). The number of nitrogens with one attached hydrogen (secondary N) is 1. The van der Waals surface area contributed by atoms with Gasteiger partial charge in [0.15, 0.2) is 4.60 Å². The van der Waals surface area contributed by atoms with E-state index >= 15 is 0 Å². The zero-order valence-corrected chi connectivity index (χ0v) is 12.0. The minimum absolute atomic E-state index is 0.0443. The van der Waals surface area contributed by atoms with E-state index in [1.165, 1.54) is 11.7 Å². The van der Waals surface area contributed by atoms with Crippen LogP contribution in [0.5, 0.6) is 0 Å². The van der Waals surface area contributed by atoms with Crippen LogP contribution >= 0.6 is 15.9 Å². The highest BCUT2D eigenvalue weighted by molar-refractivity contribution is 9.10. The standard InChI is InChI=1S/C8H12BrN5O3S/c1-13-8(7(9)11-12-13)18(16,17)14-4-2-3-10-6(15)5-14/h2-5H2,1H3,(H,10,15). The number of carbonyl (C=O) groups is 1. The summed E-state index contributed by atoms with van der Waals surface area (Å²) in [7, 11) is -2.28. The molecule has 18 heavy (non-hydrogen) atoms. The van der Waals surface area contributed by atoms with Gasteiger partial charge in [0.25, 0.3) is 10.0 Å². The Morgan fingerprint density at radius 1 is 1.44 bits per heavy atom. The van der Waals surface area contributed by atoms with E-state index in [1.54, 1.807) is 0 Å². The van der Waals surface area contributed by atoms with Gasteiger partial charge < -0.3 is 5.32 Å². The Hall–Kier alpha value is -1.00. The van der Waals surface area contributed by atoms with Crippen molar-refractivity contribution in [2.45, 2.75) is 11.4 Å². The fourth-order valence-electron chi connectivity index (χ4n) is 1.70. The van der Waals surface area contributed by atoms with Crippen molar-refractivity contribution in [2.24, 2.45) is 7.05 Å². The van der Waals surface area contributed by atoms with E-state index in [0.717, 1.165) is 4.31 Å². The Kier molecular flexibility index (Phi) is 3.69. The van der Waals surface area contributed by atoms with Crippen molar-refractivity contribution in [3.63, 3.8) is 0 Å². The molecule has 2 heterocycles. The molecule has 1 N–H and O–H groups in total. The lowest BCUT2D eigenvalue weighted by atomic mass is 10.4. The number of hydrogen-bond donors (Lipinski definition) is 1. The molecule has 0 atom stereocenters. The fourth-order valence-corrected chi connectivity index (χ4v) is 4.17. The summed E-state index contributed by atoms with van der Waals surface area (Å²) in [4.78, 5) is 11.4. The number of amides is 1. The van der Waals surface area contributed by atoms with Crippen molar-refractivity contribution < 1.29 is 13.2 Å². The van der Waals surface area contributed by atoms with Gasteiger partial charge in [-0.1, -0.05) is 5.21 Å². The molecule has 10 heteroatoms. The molecule has 1 aliphatic rings. The Morgan fingerprint density at radius 3 is 2.78 bits per heavy atom. The van der Waals surface area contributed by atoms with Crippen LogP contribution in [0.25, 0.3) is 0 Å². The summed E-state index contributed by atoms with van der Waals surface area (Å²) in [6.45, 7) is 0.592. The Morgan fingerprint density at radius 2 is 2.17 bits per heavy atom. The lowest BCUT2D eigenvalue weighted by Crippen LogP contribution is -2.38. The quantitative estimate of drug-likeness (QED) is 0.753. The number of aromatic nitrogens is 3. The van der Waals surface area contributed by atoms with Crippen LogP contribution in [0.4, 0.5) is 0 Å². The Balaban J connectivity index is 2.39. The maximum atomic E-state index is 12.4. The molecule has 0 unspecified atom stereocenters. The number of halogens is 1. The number of sulfonamides is 1. The summed E-state index contributed by atoms with van der Waals surface area (Å²) >= 11 is 3.05. The van der Waals surface area contributed by atoms with Crippen molar-refractivity contribution in [1.82, 2.24) is 24.6 Å². The van der Waals surface area contributed by atoms with Gasteiger partial charge in [0, 0.05) is 20.1 Å². The summed E-state index contributed by atoms with van der Waals surface area (Å²) < 4.78 is 27.3. The number of hydrogen-bond acceptors (Lipinski definition) is 5. The zero-order chi connectivity index (χ0) is 13.3. The highest BCUT2D eigenvalue weighted by atomic mass is 79.9. The third kappa shape index (κ3) is 2.40. The van der Waals surface area contributed by atoms with E-state index in [0.29, 0.717) is 19.5 Å². The molecule has 0 spiro atoms. The van der Waals surface area contributed by atoms with Gasteiger partial charge in [-0.2, -0.15) is 4.31 Å². The maximum Gasteiger partial charge on any atom is 0.263 e. The summed E-state index contributed by atoms with van der Waals surface area (Å²) in [6, 6.07) is 0. The van der Waals surface area contributed by atoms with Crippen molar-refractivity contribution in [1.29, 1.82) is 0 Å². The number of aryl methyl sites for hydroxylation is 1. The van der Waals surface area contributed by atoms with Crippen molar-refractivity contribution in [2.75, 3.05) is 19.6 Å². The molecular formula is C8H12BrN5O3S. The highest BCUT2D eigenvalue weighted by Crippen LogP contribution is 2.22. The van der Waals surface area contributed by atoms with Crippen LogP contribution in [-0.4, -0.2) is 53.3 Å². The molecule has 1 amide bonds. The second-order valence-electron chi connectivity index (χ2n) is 3.85. The second kappa shape index (κ2) is 4.94. The Labute approximate surface area is 113 Å². The number of carbonyl (C=O) groups excluding carboxylic acids is 1. The van der Waals surface area contributed by atoms with E-state index < -0.39 is 10.0 Å². The predicted octanol–water partition coefficient (Wildman–Crippen LogP) is -0.912. The molecule has 0 aliphatic carbocycles. The first kappa shape index (κ1) is 13.4. The monoisotopic (exact) mass is 337 g/mol. The van der Waals surface area contributed by atoms with Gasteiger partial charge in [0.05, 0.1) is 6.54 Å². The van der Waals surface area contributed by atoms with Gasteiger partial charge in [0.2, 0.25) is 10.9 Å². The van der Waals surface area contributed by atoms with Crippen LogP contribution in [0, 0.1) is 0 Å². The molecule has 0 bridgehead atoms. The average molecular weight is 338 g/mol. The van der Waals surface area contributed by atoms with Crippen LogP contribution in [0.15, 0.2) is 9.63 Å². The summed E-state index contributed by atoms with van der Waals surface area (Å²) in [5.41, 5.74) is 0. The third-order valence-corrected chi connectivity index (χ3v) is 5.28. The van der Waals surface area contributed by atoms with Crippen LogP contribution in [0.1, 0.15) is 6.42 Å². The van der Waals surface area contributed by atoms with Crippen molar-refractivity contribution >= 4 is 31.9 Å². The molecule has 1 saturated heterocycles. The van der Waals surface area contributed by atoms with Crippen molar-refractivity contribution in [3.05, 3.63) is 4.60 Å². The molecular weight excluding hydrogens is 326 g/mol. The molecule has 8 nitrogen and oxygen atoms in total. The number of nitrogens with zero attached hydrogens (tertiary/aromatic N) is 4. The summed E-state index contributed by atoms with van der Waals surface area (Å²) in [5, 5.41) is 9.86. The molecule has 1 fully saturated rings. The minimum atomic E-state index is -3.77. The first-order chi connectivity index (χ1) is 8.43. The average Bonchev–Trinajstić information content (AvgIpc) is 2.51. The highest BCUT2D eigenvalue weighted by Gasteiger charge is 2.33. The van der Waals surface area contributed by atoms with Gasteiger partial charge in [-0.15, -0.1) is 5.10 Å². The minimum Gasteiger partial charge on any atom is -0.355 e. The van der Waals surface area contributed by atoms with Gasteiger partial charge >= 0.3 is 0 Å². The molecule has 1 aliphatic heterocycles. The first-order valence-corrected chi connectivity index (χ1v) is 7.48. The molecule has 1 aromatic rings. The fraction of sp³-hybridized carbons (Fsp3) is 0.625. The largest absolute Gasteiger partial charge is 0.355 e. The third-order valence-electron chi connectivity index (χ3n) is 2.55. The van der Waals surface area contributed by atoms with Crippen LogP contribution in [0.3, 0.4) is 0 Å². The maximum absolute atomic E-state index is 12.4. The lowest BCUT2D eigenvalue weighted by Gasteiger charge is -2.18. The lowest BCUT2D eigenvalue weighted by molar-refractivity contribution is -0.120. The van der Waals surface area contributed by atoms with E-state index in [-0.39, 0.29) is 22.1 Å². The van der Waals surface area contributed by atoms with E-state index in [4.69, 9.17) is 0 Å². The normalized spacial score (nSPS) is 18.4. The topological polar surface area (TPSA) is 97.2 Å². The van der Waals surface area contributed by atoms with E-state index in [9.17, 15) is 13.2 Å². The summed E-state index contributed by atoms with van der Waals surface area (Å²) in [5.74, 6) is -0.303. The zero-order valence-electron chi connectivity index (χ0n) is 9.63. The smallest absolute Gasteiger partial charge is 0.263 e. The molecule has 100 valence electrons. The molecule has 1 aromatic heterocycles. The molecule has 0 radical (unpaired) electrons. The summed E-state index contributed by atoms with van der Waals surface area (Å²) in [6.07, 6.45) is 0.577. The van der Waals surface area contributed by atoms with Gasteiger partial charge in [-0.05, 0) is 22.4 Å². The van der Waals surface area contributed by atoms with Gasteiger partial charge in [-0.3, -0.25) is 4.79 Å². The molecule has 0 aromatic carbocycles. The van der Waals surface area contributed by atoms with E-state index in [1.807, 2.05) is 0 Å². The van der Waals surface area contributed by atoms with Crippen LogP contribution in [0.2, 0.25) is 0 Å². The van der Waals surface area contributed by atoms with E-state index in [2.05, 4.69) is 31.6 Å². The SMILES string of the molecule is Cn1nnc(Br)c1S(=O)(=O)N1CCCNC(=O)C1. The van der Waals surface area contributed by atoms with Gasteiger partial charge in [-0.25, -0.2) is 13.1 Å². The van der Waals surface area contributed by atoms with Crippen molar-refractivity contribution in [3.8, 4) is 0 Å². The Bertz CT molecular complexity index is 550.